The molecule has 0 spiro atoms. The molecule has 2 nitrogen and oxygen atoms in total. The predicted molar refractivity (Wildman–Crippen MR) is 78.0 cm³/mol. The average molecular weight is 322 g/mol. The highest BCUT2D eigenvalue weighted by Crippen LogP contribution is 2.21. The molecule has 1 N–H and O–H groups in total. The fourth-order valence-corrected chi connectivity index (χ4v) is 2.09. The third-order valence-corrected chi connectivity index (χ3v) is 3.75. The van der Waals surface area contributed by atoms with Crippen molar-refractivity contribution in [2.75, 3.05) is 5.32 Å². The molecular weight excluding hydrogens is 309 g/mol. The van der Waals surface area contributed by atoms with Crippen LogP contribution in [0.15, 0.2) is 40.9 Å². The van der Waals surface area contributed by atoms with Crippen LogP contribution >= 0.6 is 15.9 Å². The molecule has 0 heterocycles. The van der Waals surface area contributed by atoms with E-state index in [1.54, 1.807) is 31.2 Å². The van der Waals surface area contributed by atoms with Crippen LogP contribution in [0, 0.1) is 19.7 Å². The Labute approximate surface area is 119 Å². The van der Waals surface area contributed by atoms with Crippen LogP contribution in [0.5, 0.6) is 0 Å². The number of aryl methyl sites for hydroxylation is 2. The number of para-hydroxylation sites is 1. The van der Waals surface area contributed by atoms with Crippen LogP contribution < -0.4 is 5.32 Å². The maximum atomic E-state index is 13.6. The molecule has 2 rings (SSSR count). The lowest BCUT2D eigenvalue weighted by Crippen LogP contribution is -2.14. The Morgan fingerprint density at radius 3 is 2.53 bits per heavy atom. The second kappa shape index (κ2) is 5.53. The smallest absolute Gasteiger partial charge is 0.255 e. The first-order chi connectivity index (χ1) is 8.99. The van der Waals surface area contributed by atoms with Gasteiger partial charge in [-0.3, -0.25) is 4.79 Å². The molecule has 0 bridgehead atoms. The van der Waals surface area contributed by atoms with Gasteiger partial charge in [0.1, 0.15) is 5.82 Å². The van der Waals surface area contributed by atoms with Gasteiger partial charge in [0, 0.05) is 10.0 Å². The molecule has 0 radical (unpaired) electrons. The number of hydrogen-bond acceptors (Lipinski definition) is 1. The highest BCUT2D eigenvalue weighted by atomic mass is 79.9. The zero-order chi connectivity index (χ0) is 14.0. The zero-order valence-electron chi connectivity index (χ0n) is 10.6. The maximum absolute atomic E-state index is 13.6. The molecule has 0 saturated heterocycles. The maximum Gasteiger partial charge on any atom is 0.255 e. The number of halogens is 2. The number of hydrogen-bond donors (Lipinski definition) is 1. The van der Waals surface area contributed by atoms with Crippen molar-refractivity contribution in [3.8, 4) is 0 Å². The van der Waals surface area contributed by atoms with Crippen LogP contribution in [0.25, 0.3) is 0 Å². The summed E-state index contributed by atoms with van der Waals surface area (Å²) in [5.74, 6) is -0.756. The standard InChI is InChI=1S/C15H13BrFNO/c1-9-6-7-11(8-12(9)16)15(19)18-14-10(2)4-3-5-13(14)17/h3-8H,1-2H3,(H,18,19). The second-order valence-corrected chi connectivity index (χ2v) is 5.20. The molecule has 2 aromatic carbocycles. The second-order valence-electron chi connectivity index (χ2n) is 4.35. The molecule has 0 saturated carbocycles. The van der Waals surface area contributed by atoms with E-state index in [0.29, 0.717) is 11.1 Å². The molecule has 1 amide bonds. The number of rotatable bonds is 2. The number of amides is 1. The van der Waals surface area contributed by atoms with Gasteiger partial charge in [-0.1, -0.05) is 34.1 Å². The number of benzene rings is 2. The molecule has 2 aromatic rings. The molecule has 19 heavy (non-hydrogen) atoms. The Kier molecular flexibility index (Phi) is 4.00. The van der Waals surface area contributed by atoms with Crippen molar-refractivity contribution < 1.29 is 9.18 Å². The molecule has 0 aliphatic heterocycles. The van der Waals surface area contributed by atoms with Gasteiger partial charge in [-0.15, -0.1) is 0 Å². The van der Waals surface area contributed by atoms with Gasteiger partial charge < -0.3 is 5.32 Å². The molecule has 98 valence electrons. The highest BCUT2D eigenvalue weighted by Gasteiger charge is 2.12. The van der Waals surface area contributed by atoms with Gasteiger partial charge in [0.25, 0.3) is 5.91 Å². The summed E-state index contributed by atoms with van der Waals surface area (Å²) in [7, 11) is 0. The van der Waals surface area contributed by atoms with Gasteiger partial charge >= 0.3 is 0 Å². The Balaban J connectivity index is 2.28. The van der Waals surface area contributed by atoms with Crippen molar-refractivity contribution in [2.24, 2.45) is 0 Å². The van der Waals surface area contributed by atoms with Crippen LogP contribution in [-0.4, -0.2) is 5.91 Å². The molecule has 0 fully saturated rings. The van der Waals surface area contributed by atoms with Crippen LogP contribution in [0.4, 0.5) is 10.1 Å². The summed E-state index contributed by atoms with van der Waals surface area (Å²) < 4.78 is 14.5. The summed E-state index contributed by atoms with van der Waals surface area (Å²) in [5, 5.41) is 2.61. The highest BCUT2D eigenvalue weighted by molar-refractivity contribution is 9.10. The van der Waals surface area contributed by atoms with E-state index in [0.717, 1.165) is 10.0 Å². The van der Waals surface area contributed by atoms with Gasteiger partial charge in [0.2, 0.25) is 0 Å². The van der Waals surface area contributed by atoms with E-state index < -0.39 is 5.82 Å². The molecule has 0 aliphatic carbocycles. The Morgan fingerprint density at radius 2 is 1.89 bits per heavy atom. The topological polar surface area (TPSA) is 29.1 Å². The number of anilines is 1. The Morgan fingerprint density at radius 1 is 1.16 bits per heavy atom. The Hall–Kier alpha value is -1.68. The lowest BCUT2D eigenvalue weighted by molar-refractivity contribution is 0.102. The van der Waals surface area contributed by atoms with E-state index in [2.05, 4.69) is 21.2 Å². The van der Waals surface area contributed by atoms with Gasteiger partial charge in [0.15, 0.2) is 0 Å². The molecular formula is C15H13BrFNO. The van der Waals surface area contributed by atoms with Gasteiger partial charge in [-0.05, 0) is 43.2 Å². The summed E-state index contributed by atoms with van der Waals surface area (Å²) in [6.07, 6.45) is 0. The fraction of sp³-hybridized carbons (Fsp3) is 0.133. The number of carbonyl (C=O) groups is 1. The molecule has 0 atom stereocenters. The summed E-state index contributed by atoms with van der Waals surface area (Å²) in [6.45, 7) is 3.69. The van der Waals surface area contributed by atoms with E-state index in [4.69, 9.17) is 0 Å². The van der Waals surface area contributed by atoms with Crippen LogP contribution in [-0.2, 0) is 0 Å². The van der Waals surface area contributed by atoms with Crippen LogP contribution in [0.3, 0.4) is 0 Å². The zero-order valence-corrected chi connectivity index (χ0v) is 12.2. The van der Waals surface area contributed by atoms with Gasteiger partial charge in [-0.25, -0.2) is 4.39 Å². The lowest BCUT2D eigenvalue weighted by Gasteiger charge is -2.10. The van der Waals surface area contributed by atoms with Crippen LogP contribution in [0.2, 0.25) is 0 Å². The molecule has 0 aromatic heterocycles. The number of nitrogens with one attached hydrogen (secondary N) is 1. The first-order valence-electron chi connectivity index (χ1n) is 5.81. The third kappa shape index (κ3) is 3.01. The normalized spacial score (nSPS) is 10.3. The van der Waals surface area contributed by atoms with Gasteiger partial charge in [0.05, 0.1) is 5.69 Å². The van der Waals surface area contributed by atoms with E-state index >= 15 is 0 Å². The fourth-order valence-electron chi connectivity index (χ4n) is 1.71. The number of carbonyl (C=O) groups excluding carboxylic acids is 1. The predicted octanol–water partition coefficient (Wildman–Crippen LogP) is 4.46. The SMILES string of the molecule is Cc1ccc(C(=O)Nc2c(C)cccc2F)cc1Br. The quantitative estimate of drug-likeness (QED) is 0.869. The summed E-state index contributed by atoms with van der Waals surface area (Å²) in [4.78, 5) is 12.1. The summed E-state index contributed by atoms with van der Waals surface area (Å²) >= 11 is 3.37. The van der Waals surface area contributed by atoms with Crippen molar-refractivity contribution in [2.45, 2.75) is 13.8 Å². The minimum Gasteiger partial charge on any atom is -0.319 e. The van der Waals surface area contributed by atoms with E-state index in [1.165, 1.54) is 6.07 Å². The van der Waals surface area contributed by atoms with Crippen molar-refractivity contribution in [3.05, 3.63) is 63.4 Å². The van der Waals surface area contributed by atoms with Crippen LogP contribution in [0.1, 0.15) is 21.5 Å². The largest absolute Gasteiger partial charge is 0.319 e. The first-order valence-corrected chi connectivity index (χ1v) is 6.61. The monoisotopic (exact) mass is 321 g/mol. The minimum atomic E-state index is -0.431. The van der Waals surface area contributed by atoms with E-state index in [9.17, 15) is 9.18 Å². The van der Waals surface area contributed by atoms with E-state index in [1.807, 2.05) is 13.0 Å². The van der Waals surface area contributed by atoms with Crippen molar-refractivity contribution in [1.82, 2.24) is 0 Å². The van der Waals surface area contributed by atoms with Crippen molar-refractivity contribution in [1.29, 1.82) is 0 Å². The Bertz CT molecular complexity index is 620. The van der Waals surface area contributed by atoms with Gasteiger partial charge in [-0.2, -0.15) is 0 Å². The lowest BCUT2D eigenvalue weighted by atomic mass is 10.1. The molecule has 0 unspecified atom stereocenters. The average Bonchev–Trinajstić information content (AvgIpc) is 2.37. The molecule has 0 aliphatic rings. The summed E-state index contributed by atoms with van der Waals surface area (Å²) in [6, 6.07) is 9.97. The first kappa shape index (κ1) is 13.7. The van der Waals surface area contributed by atoms with Crippen molar-refractivity contribution >= 4 is 27.5 Å². The minimum absolute atomic E-state index is 0.226. The van der Waals surface area contributed by atoms with E-state index in [-0.39, 0.29) is 11.6 Å². The summed E-state index contributed by atoms with van der Waals surface area (Å²) in [5.41, 5.74) is 2.45. The third-order valence-electron chi connectivity index (χ3n) is 2.89. The molecule has 4 heteroatoms. The van der Waals surface area contributed by atoms with Crippen molar-refractivity contribution in [3.63, 3.8) is 0 Å².